The van der Waals surface area contributed by atoms with Crippen LogP contribution in [0.4, 0.5) is 24.5 Å². The van der Waals surface area contributed by atoms with Crippen LogP contribution in [0.25, 0.3) is 5.57 Å². The summed E-state index contributed by atoms with van der Waals surface area (Å²) in [6, 6.07) is 23.9. The summed E-state index contributed by atoms with van der Waals surface area (Å²) in [5.74, 6) is -1.91. The van der Waals surface area contributed by atoms with Crippen molar-refractivity contribution in [2.75, 3.05) is 63.8 Å². The summed E-state index contributed by atoms with van der Waals surface area (Å²) in [5, 5.41) is 10.3. The van der Waals surface area contributed by atoms with Crippen LogP contribution in [0.5, 0.6) is 0 Å². The van der Waals surface area contributed by atoms with Gasteiger partial charge in [-0.05, 0) is 125 Å². The number of nitrogens with zero attached hydrogens (tertiary/aromatic N) is 1. The summed E-state index contributed by atoms with van der Waals surface area (Å²) >= 11 is 7.51. The smallest absolute Gasteiger partial charge is 0.418 e. The Hall–Kier alpha value is -4.54. The van der Waals surface area contributed by atoms with Crippen LogP contribution in [0, 0.1) is 0 Å². The average Bonchev–Trinajstić information content (AvgIpc) is 3.21. The fraction of sp³-hybridized carbons (Fsp3) is 0.349. The van der Waals surface area contributed by atoms with Gasteiger partial charge in [-0.25, -0.2) is 17.9 Å². The summed E-state index contributed by atoms with van der Waals surface area (Å²) < 4.78 is 78.0. The molecule has 0 aromatic heterocycles. The van der Waals surface area contributed by atoms with Crippen molar-refractivity contribution in [3.8, 4) is 0 Å². The molecule has 1 amide bonds. The van der Waals surface area contributed by atoms with Crippen molar-refractivity contribution in [2.45, 2.75) is 54.1 Å². The van der Waals surface area contributed by atoms with Gasteiger partial charge in [-0.3, -0.25) is 4.79 Å². The number of thioether (sulfide) groups is 1. The van der Waals surface area contributed by atoms with E-state index in [1.165, 1.54) is 40.6 Å². The normalized spacial score (nSPS) is 13.9. The zero-order valence-corrected chi connectivity index (χ0v) is 35.5. The number of carbonyl (C=O) groups excluding carboxylic acids is 2. The molecule has 0 fully saturated rings. The van der Waals surface area contributed by atoms with Crippen molar-refractivity contribution in [3.05, 3.63) is 124 Å². The van der Waals surface area contributed by atoms with E-state index in [0.29, 0.717) is 48.6 Å². The average molecular weight is 872 g/mol. The number of rotatable bonds is 19. The highest BCUT2D eigenvalue weighted by atomic mass is 35.5. The molecule has 5 rings (SSSR count). The molecule has 0 saturated carbocycles. The number of alkyl halides is 3. The summed E-state index contributed by atoms with van der Waals surface area (Å²) in [5.41, 5.74) is 1.92. The zero-order chi connectivity index (χ0) is 42.6. The van der Waals surface area contributed by atoms with Gasteiger partial charge in [0, 0.05) is 52.6 Å². The number of hydrogen-bond donors (Lipinski definition) is 4. The molecular formula is C43H49ClF3N5O5S2. The summed E-state index contributed by atoms with van der Waals surface area (Å²) in [6.45, 7) is 2.49. The van der Waals surface area contributed by atoms with Crippen molar-refractivity contribution in [1.82, 2.24) is 14.9 Å². The maximum Gasteiger partial charge on any atom is 0.418 e. The SMILES string of the molecule is COC(=O)c1cc(S(=O)(=O)NC(=O)c2ccc(NCCNCC3=C(c4ccc(Cl)cc4)CCCC3)cc2)cc(C(F)(F)F)c1N[C@H](CCN(C)C)CSc1ccccc1. The Kier molecular flexibility index (Phi) is 16.3. The van der Waals surface area contributed by atoms with Crippen LogP contribution in [0.1, 0.15) is 63.9 Å². The molecule has 1 aliphatic carbocycles. The first kappa shape index (κ1) is 45.5. The largest absolute Gasteiger partial charge is 0.465 e. The number of esters is 1. The molecule has 0 radical (unpaired) electrons. The molecule has 0 heterocycles. The van der Waals surface area contributed by atoms with Crippen LogP contribution in [-0.2, 0) is 20.9 Å². The van der Waals surface area contributed by atoms with Crippen LogP contribution in [0.2, 0.25) is 5.02 Å². The van der Waals surface area contributed by atoms with Crippen molar-refractivity contribution < 1.29 is 35.9 Å². The van der Waals surface area contributed by atoms with E-state index in [0.717, 1.165) is 50.3 Å². The van der Waals surface area contributed by atoms with E-state index in [9.17, 15) is 31.2 Å². The van der Waals surface area contributed by atoms with Crippen molar-refractivity contribution in [1.29, 1.82) is 0 Å². The van der Waals surface area contributed by atoms with Gasteiger partial charge < -0.3 is 25.6 Å². The minimum absolute atomic E-state index is 0.0432. The van der Waals surface area contributed by atoms with Gasteiger partial charge in [-0.15, -0.1) is 11.8 Å². The predicted molar refractivity (Wildman–Crippen MR) is 230 cm³/mol. The third-order valence-corrected chi connectivity index (χ3v) is 12.5. The van der Waals surface area contributed by atoms with Gasteiger partial charge in [0.05, 0.1) is 28.8 Å². The molecular weight excluding hydrogens is 823 g/mol. The third-order valence-electron chi connectivity index (χ3n) is 9.72. The summed E-state index contributed by atoms with van der Waals surface area (Å²) in [7, 11) is -0.264. The molecule has 4 aromatic rings. The molecule has 10 nitrogen and oxygen atoms in total. The minimum Gasteiger partial charge on any atom is -0.465 e. The lowest BCUT2D eigenvalue weighted by molar-refractivity contribution is -0.137. The minimum atomic E-state index is -5.09. The van der Waals surface area contributed by atoms with Gasteiger partial charge in [0.1, 0.15) is 0 Å². The second kappa shape index (κ2) is 21.1. The lowest BCUT2D eigenvalue weighted by Gasteiger charge is -2.26. The Bertz CT molecular complexity index is 2190. The van der Waals surface area contributed by atoms with Crippen molar-refractivity contribution >= 4 is 62.2 Å². The summed E-state index contributed by atoms with van der Waals surface area (Å²) in [6.07, 6.45) is -0.340. The second-order valence-corrected chi connectivity index (χ2v) is 17.6. The van der Waals surface area contributed by atoms with E-state index in [1.807, 2.05) is 66.2 Å². The molecule has 1 atom stereocenters. The Morgan fingerprint density at radius 1 is 0.932 bits per heavy atom. The number of amides is 1. The molecule has 0 aliphatic heterocycles. The number of carbonyl (C=O) groups is 2. The molecule has 0 saturated heterocycles. The quantitative estimate of drug-likeness (QED) is 0.0413. The van der Waals surface area contributed by atoms with Crippen LogP contribution < -0.4 is 20.7 Å². The Morgan fingerprint density at radius 3 is 2.29 bits per heavy atom. The number of ether oxygens (including phenoxy) is 1. The second-order valence-electron chi connectivity index (χ2n) is 14.4. The van der Waals surface area contributed by atoms with Crippen LogP contribution in [-0.4, -0.2) is 84.4 Å². The molecule has 316 valence electrons. The number of nitrogens with one attached hydrogen (secondary N) is 4. The van der Waals surface area contributed by atoms with Gasteiger partial charge >= 0.3 is 12.1 Å². The van der Waals surface area contributed by atoms with E-state index in [1.54, 1.807) is 12.1 Å². The van der Waals surface area contributed by atoms with E-state index < -0.39 is 55.8 Å². The molecule has 1 aliphatic rings. The lowest BCUT2D eigenvalue weighted by Crippen LogP contribution is -2.32. The number of benzene rings is 4. The molecule has 16 heteroatoms. The van der Waals surface area contributed by atoms with Gasteiger partial charge in [0.15, 0.2) is 0 Å². The number of halogens is 4. The number of anilines is 2. The summed E-state index contributed by atoms with van der Waals surface area (Å²) in [4.78, 5) is 28.0. The first-order valence-electron chi connectivity index (χ1n) is 19.2. The standard InChI is InChI=1S/C43H49ClF3N5O5S2/c1-52(2)24-21-34(28-58-35-10-5-4-6-11-35)50-40-38(42(54)57-3)25-36(26-39(40)43(45,46)47)59(55,56)51-41(53)30-15-19-33(20-16-30)49-23-22-48-27-31-9-7-8-12-37(31)29-13-17-32(44)18-14-29/h4-6,10-11,13-20,25-26,34,48-50H,7-9,12,21-24,27-28H2,1-3H3,(H,51,53)/t34-/m1/s1. The van der Waals surface area contributed by atoms with Gasteiger partial charge in [-0.2, -0.15) is 13.2 Å². The topological polar surface area (TPSA) is 129 Å². The van der Waals surface area contributed by atoms with E-state index in [-0.39, 0.29) is 5.56 Å². The van der Waals surface area contributed by atoms with E-state index >= 15 is 0 Å². The van der Waals surface area contributed by atoms with Crippen LogP contribution >= 0.6 is 23.4 Å². The maximum atomic E-state index is 14.7. The predicted octanol–water partition coefficient (Wildman–Crippen LogP) is 8.82. The highest BCUT2D eigenvalue weighted by Gasteiger charge is 2.39. The number of hydrogen-bond acceptors (Lipinski definition) is 10. The fourth-order valence-corrected chi connectivity index (χ4v) is 8.77. The molecule has 0 bridgehead atoms. The van der Waals surface area contributed by atoms with Crippen molar-refractivity contribution in [2.24, 2.45) is 0 Å². The Labute approximate surface area is 353 Å². The Morgan fingerprint density at radius 2 is 1.63 bits per heavy atom. The van der Waals surface area contributed by atoms with Crippen LogP contribution in [0.3, 0.4) is 0 Å². The first-order chi connectivity index (χ1) is 28.1. The number of allylic oxidation sites excluding steroid dienone is 1. The van der Waals surface area contributed by atoms with Crippen molar-refractivity contribution in [3.63, 3.8) is 0 Å². The zero-order valence-electron chi connectivity index (χ0n) is 33.1. The number of methoxy groups -OCH3 is 1. The number of sulfonamides is 1. The highest BCUT2D eigenvalue weighted by molar-refractivity contribution is 7.99. The molecule has 59 heavy (non-hydrogen) atoms. The highest BCUT2D eigenvalue weighted by Crippen LogP contribution is 2.40. The van der Waals surface area contributed by atoms with Gasteiger partial charge in [-0.1, -0.05) is 47.5 Å². The van der Waals surface area contributed by atoms with Gasteiger partial charge in [0.25, 0.3) is 15.9 Å². The van der Waals surface area contributed by atoms with E-state index in [2.05, 4.69) is 28.1 Å². The maximum absolute atomic E-state index is 14.7. The first-order valence-corrected chi connectivity index (χ1v) is 22.0. The van der Waals surface area contributed by atoms with Crippen LogP contribution in [0.15, 0.2) is 106 Å². The van der Waals surface area contributed by atoms with E-state index in [4.69, 9.17) is 16.3 Å². The molecule has 0 unspecified atom stereocenters. The van der Waals surface area contributed by atoms with Gasteiger partial charge in [0.2, 0.25) is 0 Å². The lowest BCUT2D eigenvalue weighted by atomic mass is 9.87. The Balaban J connectivity index is 1.26. The fourth-order valence-electron chi connectivity index (χ4n) is 6.63. The third kappa shape index (κ3) is 13.2. The molecule has 0 spiro atoms. The monoisotopic (exact) mass is 871 g/mol. The molecule has 4 aromatic carbocycles. The molecule has 4 N–H and O–H groups in total.